The van der Waals surface area contributed by atoms with Gasteiger partial charge in [0.1, 0.15) is 17.5 Å². The number of fused-ring (bicyclic) bond motifs is 1. The molecule has 0 saturated carbocycles. The van der Waals surface area contributed by atoms with Crippen molar-refractivity contribution in [2.75, 3.05) is 38.6 Å². The van der Waals surface area contributed by atoms with Crippen LogP contribution < -0.4 is 10.1 Å². The minimum atomic E-state index is -0.873. The largest absolute Gasteiger partial charge is 0.482 e. The van der Waals surface area contributed by atoms with Gasteiger partial charge in [0, 0.05) is 32.4 Å². The van der Waals surface area contributed by atoms with Gasteiger partial charge in [0.05, 0.1) is 18.9 Å². The molecule has 1 fully saturated rings. The maximum Gasteiger partial charge on any atom is 0.344 e. The SMILES string of the molecule is CN(C(=O)Cc1ccc2c(c1)NC(=O)C2)[C@H](CN1CCC(F)C1)c1cccc(OCC(=O)OC(C)(C)C)c1. The van der Waals surface area contributed by atoms with Crippen LogP contribution in [-0.4, -0.2) is 72.6 Å². The number of esters is 1. The molecule has 2 heterocycles. The summed E-state index contributed by atoms with van der Waals surface area (Å²) in [6.45, 7) is 6.58. The van der Waals surface area contributed by atoms with Crippen molar-refractivity contribution in [3.05, 3.63) is 59.2 Å². The van der Waals surface area contributed by atoms with E-state index in [0.29, 0.717) is 38.2 Å². The van der Waals surface area contributed by atoms with E-state index in [1.807, 2.05) is 41.3 Å². The summed E-state index contributed by atoms with van der Waals surface area (Å²) in [4.78, 5) is 40.9. The van der Waals surface area contributed by atoms with E-state index in [2.05, 4.69) is 5.32 Å². The molecule has 2 aromatic carbocycles. The van der Waals surface area contributed by atoms with Crippen LogP contribution in [0, 0.1) is 0 Å². The van der Waals surface area contributed by atoms with E-state index in [1.54, 1.807) is 38.8 Å². The molecular formula is C29H36FN3O5. The summed E-state index contributed by atoms with van der Waals surface area (Å²) < 4.78 is 25.0. The highest BCUT2D eigenvalue weighted by molar-refractivity contribution is 5.99. The van der Waals surface area contributed by atoms with Crippen molar-refractivity contribution in [3.63, 3.8) is 0 Å². The number of amides is 2. The summed E-state index contributed by atoms with van der Waals surface area (Å²) in [6, 6.07) is 12.5. The molecule has 8 nitrogen and oxygen atoms in total. The molecule has 38 heavy (non-hydrogen) atoms. The number of nitrogens with zero attached hydrogens (tertiary/aromatic N) is 2. The number of likely N-dealkylation sites (N-methyl/N-ethyl adjacent to an activating group) is 1. The number of benzene rings is 2. The summed E-state index contributed by atoms with van der Waals surface area (Å²) in [5.41, 5.74) is 2.70. The standard InChI is InChI=1S/C29H36FN3O5/c1-29(2,3)38-28(36)18-37-23-7-5-6-21(14-23)25(17-33-11-10-22(30)16-33)32(4)27(35)13-19-8-9-20-15-26(34)31-24(20)12-19/h5-9,12,14,22,25H,10-11,13,15-18H2,1-4H3,(H,31,34)/t22?,25-/m1/s1. The van der Waals surface area contributed by atoms with Gasteiger partial charge in [-0.2, -0.15) is 0 Å². The minimum absolute atomic E-state index is 0.0498. The molecule has 2 aliphatic heterocycles. The number of hydrogen-bond donors (Lipinski definition) is 1. The van der Waals surface area contributed by atoms with E-state index in [-0.39, 0.29) is 30.9 Å². The highest BCUT2D eigenvalue weighted by Crippen LogP contribution is 2.29. The Balaban J connectivity index is 1.49. The number of anilines is 1. The van der Waals surface area contributed by atoms with Crippen molar-refractivity contribution in [2.45, 2.75) is 57.8 Å². The number of likely N-dealkylation sites (tertiary alicyclic amines) is 1. The summed E-state index contributed by atoms with van der Waals surface area (Å²) >= 11 is 0. The first-order valence-corrected chi connectivity index (χ1v) is 12.9. The minimum Gasteiger partial charge on any atom is -0.482 e. The van der Waals surface area contributed by atoms with Gasteiger partial charge in [0.2, 0.25) is 11.8 Å². The number of carbonyl (C=O) groups is 3. The van der Waals surface area contributed by atoms with Gasteiger partial charge in [-0.3, -0.25) is 14.5 Å². The first-order chi connectivity index (χ1) is 18.0. The molecule has 2 aliphatic rings. The van der Waals surface area contributed by atoms with E-state index < -0.39 is 17.7 Å². The molecule has 0 bridgehead atoms. The molecule has 1 N–H and O–H groups in total. The molecule has 2 atom stereocenters. The van der Waals surface area contributed by atoms with Crippen molar-refractivity contribution in [2.24, 2.45) is 0 Å². The molecule has 4 rings (SSSR count). The van der Waals surface area contributed by atoms with Crippen molar-refractivity contribution >= 4 is 23.5 Å². The molecule has 0 radical (unpaired) electrons. The number of alkyl halides is 1. The fraction of sp³-hybridized carbons (Fsp3) is 0.483. The lowest BCUT2D eigenvalue weighted by atomic mass is 10.0. The average molecular weight is 526 g/mol. The van der Waals surface area contributed by atoms with E-state index in [1.165, 1.54) is 0 Å². The lowest BCUT2D eigenvalue weighted by molar-refractivity contribution is -0.157. The average Bonchev–Trinajstić information content (AvgIpc) is 3.43. The highest BCUT2D eigenvalue weighted by atomic mass is 19.1. The zero-order chi connectivity index (χ0) is 27.4. The van der Waals surface area contributed by atoms with E-state index in [9.17, 15) is 18.8 Å². The second-order valence-corrected chi connectivity index (χ2v) is 11.0. The number of carbonyl (C=O) groups excluding carboxylic acids is 3. The molecule has 1 unspecified atom stereocenters. The predicted molar refractivity (Wildman–Crippen MR) is 142 cm³/mol. The third-order valence-corrected chi connectivity index (χ3v) is 6.68. The van der Waals surface area contributed by atoms with Crippen LogP contribution in [0.15, 0.2) is 42.5 Å². The van der Waals surface area contributed by atoms with Crippen molar-refractivity contribution in [1.82, 2.24) is 9.80 Å². The maximum atomic E-state index is 14.0. The third-order valence-electron chi connectivity index (χ3n) is 6.68. The van der Waals surface area contributed by atoms with Gasteiger partial charge in [-0.25, -0.2) is 9.18 Å². The first kappa shape index (κ1) is 27.6. The fourth-order valence-corrected chi connectivity index (χ4v) is 4.82. The maximum absolute atomic E-state index is 14.0. The summed E-state index contributed by atoms with van der Waals surface area (Å²) in [7, 11) is 1.75. The van der Waals surface area contributed by atoms with Gasteiger partial charge < -0.3 is 19.7 Å². The summed E-state index contributed by atoms with van der Waals surface area (Å²) in [6.07, 6.45) is 0.117. The summed E-state index contributed by atoms with van der Waals surface area (Å²) in [5.74, 6) is -0.136. The highest BCUT2D eigenvalue weighted by Gasteiger charge is 2.29. The normalized spacial score (nSPS) is 18.0. The van der Waals surface area contributed by atoms with E-state index in [4.69, 9.17) is 9.47 Å². The predicted octanol–water partition coefficient (Wildman–Crippen LogP) is 3.69. The van der Waals surface area contributed by atoms with E-state index >= 15 is 0 Å². The Morgan fingerprint density at radius 2 is 2.00 bits per heavy atom. The van der Waals surface area contributed by atoms with Crippen molar-refractivity contribution in [3.8, 4) is 5.75 Å². The van der Waals surface area contributed by atoms with Crippen LogP contribution in [0.3, 0.4) is 0 Å². The van der Waals surface area contributed by atoms with Crippen LogP contribution >= 0.6 is 0 Å². The molecule has 204 valence electrons. The molecule has 0 aliphatic carbocycles. The second kappa shape index (κ2) is 11.5. The lowest BCUT2D eigenvalue weighted by Crippen LogP contribution is -2.39. The number of nitrogens with one attached hydrogen (secondary N) is 1. The second-order valence-electron chi connectivity index (χ2n) is 11.0. The fourth-order valence-electron chi connectivity index (χ4n) is 4.82. The zero-order valence-electron chi connectivity index (χ0n) is 22.5. The number of hydrogen-bond acceptors (Lipinski definition) is 6. The van der Waals surface area contributed by atoms with Crippen LogP contribution in [0.2, 0.25) is 0 Å². The van der Waals surface area contributed by atoms with Gasteiger partial charge in [-0.05, 0) is 62.1 Å². The quantitative estimate of drug-likeness (QED) is 0.503. The van der Waals surface area contributed by atoms with Gasteiger partial charge >= 0.3 is 5.97 Å². The van der Waals surface area contributed by atoms with Crippen LogP contribution in [0.5, 0.6) is 5.75 Å². The Labute approximate surface area is 223 Å². The van der Waals surface area contributed by atoms with Gasteiger partial charge in [-0.15, -0.1) is 0 Å². The molecular weight excluding hydrogens is 489 g/mol. The van der Waals surface area contributed by atoms with Crippen molar-refractivity contribution in [1.29, 1.82) is 0 Å². The number of rotatable bonds is 9. The summed E-state index contributed by atoms with van der Waals surface area (Å²) in [5, 5.41) is 2.83. The van der Waals surface area contributed by atoms with Gasteiger partial charge in [0.15, 0.2) is 6.61 Å². The van der Waals surface area contributed by atoms with Crippen molar-refractivity contribution < 1.29 is 28.2 Å². The lowest BCUT2D eigenvalue weighted by Gasteiger charge is -2.32. The van der Waals surface area contributed by atoms with Gasteiger partial charge in [0.25, 0.3) is 0 Å². The Kier molecular flexibility index (Phi) is 8.35. The monoisotopic (exact) mass is 525 g/mol. The Hall–Kier alpha value is -3.46. The molecule has 2 amide bonds. The van der Waals surface area contributed by atoms with Gasteiger partial charge in [-0.1, -0.05) is 24.3 Å². The molecule has 1 saturated heterocycles. The first-order valence-electron chi connectivity index (χ1n) is 12.9. The number of ether oxygens (including phenoxy) is 2. The van der Waals surface area contributed by atoms with Crippen LogP contribution in [0.1, 0.15) is 49.9 Å². The van der Waals surface area contributed by atoms with E-state index in [0.717, 1.165) is 22.4 Å². The molecule has 9 heteroatoms. The smallest absolute Gasteiger partial charge is 0.344 e. The molecule has 0 aromatic heterocycles. The van der Waals surface area contributed by atoms with Crippen LogP contribution in [-0.2, 0) is 32.0 Å². The zero-order valence-corrected chi connectivity index (χ0v) is 22.5. The number of halogens is 1. The van der Waals surface area contributed by atoms with Crippen LogP contribution in [0.25, 0.3) is 0 Å². The molecule has 2 aromatic rings. The Morgan fingerprint density at radius 3 is 2.71 bits per heavy atom. The topological polar surface area (TPSA) is 88.2 Å². The van der Waals surface area contributed by atoms with Crippen LogP contribution in [0.4, 0.5) is 10.1 Å². The Bertz CT molecular complexity index is 1190. The third kappa shape index (κ3) is 7.31. The molecule has 0 spiro atoms. The Morgan fingerprint density at radius 1 is 1.21 bits per heavy atom.